The van der Waals surface area contributed by atoms with Crippen LogP contribution in [-0.4, -0.2) is 44.7 Å². The number of nitrogens with zero attached hydrogens (tertiary/aromatic N) is 3. The van der Waals surface area contributed by atoms with Crippen molar-refractivity contribution in [3.8, 4) is 0 Å². The van der Waals surface area contributed by atoms with Gasteiger partial charge in [0.2, 0.25) is 0 Å². The molecule has 21 heavy (non-hydrogen) atoms. The zero-order chi connectivity index (χ0) is 15.1. The molecule has 0 atom stereocenters. The molecule has 0 aliphatic carbocycles. The first-order valence-corrected chi connectivity index (χ1v) is 7.23. The van der Waals surface area contributed by atoms with Crippen molar-refractivity contribution in [2.75, 3.05) is 13.1 Å². The van der Waals surface area contributed by atoms with E-state index in [0.717, 1.165) is 5.69 Å². The number of urea groups is 1. The molecule has 9 heteroatoms. The van der Waals surface area contributed by atoms with Crippen LogP contribution in [0.2, 0.25) is 0 Å². The molecule has 0 aliphatic heterocycles. The number of rotatable bonds is 7. The zero-order valence-corrected chi connectivity index (χ0v) is 12.0. The molecule has 0 aliphatic rings. The predicted molar refractivity (Wildman–Crippen MR) is 76.4 cm³/mol. The minimum Gasteiger partial charge on any atom is -0.476 e. The smallest absolute Gasteiger partial charge is 0.356 e. The maximum absolute atomic E-state index is 11.5. The molecule has 0 saturated heterocycles. The fourth-order valence-corrected chi connectivity index (χ4v) is 2.21. The van der Waals surface area contributed by atoms with Crippen LogP contribution in [0.15, 0.2) is 23.4 Å². The monoisotopic (exact) mass is 309 g/mol. The van der Waals surface area contributed by atoms with Gasteiger partial charge in [-0.3, -0.25) is 0 Å². The summed E-state index contributed by atoms with van der Waals surface area (Å²) in [4.78, 5) is 30.0. The number of carboxylic acid groups (broad SMARTS) is 1. The second-order valence-corrected chi connectivity index (χ2v) is 4.93. The van der Waals surface area contributed by atoms with Gasteiger partial charge < -0.3 is 20.3 Å². The molecule has 2 aromatic rings. The van der Waals surface area contributed by atoms with E-state index in [0.29, 0.717) is 26.1 Å². The summed E-state index contributed by atoms with van der Waals surface area (Å²) < 4.78 is 1.61. The third kappa shape index (κ3) is 4.88. The lowest BCUT2D eigenvalue weighted by Crippen LogP contribution is -2.38. The Kier molecular flexibility index (Phi) is 5.27. The average molecular weight is 309 g/mol. The second-order valence-electron chi connectivity index (χ2n) is 4.21. The molecule has 0 spiro atoms. The maximum atomic E-state index is 11.5. The summed E-state index contributed by atoms with van der Waals surface area (Å²) in [5.74, 6) is -1.07. The highest BCUT2D eigenvalue weighted by molar-refractivity contribution is 7.07. The Bertz CT molecular complexity index is 596. The first kappa shape index (κ1) is 15.0. The summed E-state index contributed by atoms with van der Waals surface area (Å²) in [6.45, 7) is 1.36. The zero-order valence-electron chi connectivity index (χ0n) is 11.2. The Balaban J connectivity index is 1.61. The molecule has 0 unspecified atom stereocenters. The molecular weight excluding hydrogens is 294 g/mol. The maximum Gasteiger partial charge on any atom is 0.356 e. The van der Waals surface area contributed by atoms with E-state index in [1.54, 1.807) is 10.1 Å². The third-order valence-electron chi connectivity index (χ3n) is 2.66. The number of carbonyl (C=O) groups excluding carboxylic acids is 1. The van der Waals surface area contributed by atoms with Gasteiger partial charge in [0.25, 0.3) is 0 Å². The van der Waals surface area contributed by atoms with Crippen LogP contribution < -0.4 is 10.6 Å². The largest absolute Gasteiger partial charge is 0.476 e. The Hall–Kier alpha value is -2.42. The van der Waals surface area contributed by atoms with Crippen molar-refractivity contribution in [1.82, 2.24) is 25.2 Å². The summed E-state index contributed by atoms with van der Waals surface area (Å²) in [6, 6.07) is -0.260. The molecule has 2 heterocycles. The summed E-state index contributed by atoms with van der Waals surface area (Å²) in [6.07, 6.45) is 3.54. The van der Waals surface area contributed by atoms with Crippen LogP contribution in [0.1, 0.15) is 16.2 Å². The molecule has 0 saturated carbocycles. The van der Waals surface area contributed by atoms with Crippen molar-refractivity contribution in [1.29, 1.82) is 0 Å². The molecule has 0 aromatic carbocycles. The highest BCUT2D eigenvalue weighted by atomic mass is 32.1. The highest BCUT2D eigenvalue weighted by Gasteiger charge is 2.06. The Morgan fingerprint density at radius 3 is 2.76 bits per heavy atom. The van der Waals surface area contributed by atoms with Gasteiger partial charge in [0.05, 0.1) is 17.5 Å². The minimum atomic E-state index is -1.07. The fourth-order valence-electron chi connectivity index (χ4n) is 1.62. The molecule has 2 amide bonds. The van der Waals surface area contributed by atoms with Gasteiger partial charge in [-0.15, -0.1) is 11.3 Å². The number of carbonyl (C=O) groups is 2. The second kappa shape index (κ2) is 7.39. The van der Waals surface area contributed by atoms with Gasteiger partial charge in [-0.2, -0.15) is 0 Å². The molecule has 3 N–H and O–H groups in total. The van der Waals surface area contributed by atoms with Crippen molar-refractivity contribution in [2.24, 2.45) is 0 Å². The Morgan fingerprint density at radius 1 is 1.29 bits per heavy atom. The van der Waals surface area contributed by atoms with Crippen LogP contribution in [0.4, 0.5) is 4.79 Å². The van der Waals surface area contributed by atoms with Crippen LogP contribution in [0, 0.1) is 0 Å². The number of imidazole rings is 1. The fraction of sp³-hybridized carbons (Fsp3) is 0.333. The molecule has 112 valence electrons. The van der Waals surface area contributed by atoms with E-state index >= 15 is 0 Å². The van der Waals surface area contributed by atoms with E-state index in [2.05, 4.69) is 20.6 Å². The van der Waals surface area contributed by atoms with Crippen molar-refractivity contribution >= 4 is 23.3 Å². The summed E-state index contributed by atoms with van der Waals surface area (Å²) in [5, 5.41) is 16.1. The number of carboxylic acids is 1. The van der Waals surface area contributed by atoms with Crippen molar-refractivity contribution in [3.63, 3.8) is 0 Å². The highest BCUT2D eigenvalue weighted by Crippen LogP contribution is 2.00. The van der Waals surface area contributed by atoms with E-state index < -0.39 is 5.97 Å². The quantitative estimate of drug-likeness (QED) is 0.693. The van der Waals surface area contributed by atoms with E-state index in [9.17, 15) is 9.59 Å². The van der Waals surface area contributed by atoms with Crippen LogP contribution in [0.3, 0.4) is 0 Å². The molecule has 2 aromatic heterocycles. The van der Waals surface area contributed by atoms with E-state index in [1.807, 2.05) is 5.38 Å². The van der Waals surface area contributed by atoms with E-state index in [1.165, 1.54) is 23.9 Å². The lowest BCUT2D eigenvalue weighted by Gasteiger charge is -2.07. The standard InChI is InChI=1S/C12H15N5O3S/c18-11(19)10-5-17(7-15-10)4-3-14-12(20)13-2-1-9-6-21-8-16-9/h5-8H,1-4H2,(H,18,19)(H2,13,14,20). The molecule has 0 fully saturated rings. The van der Waals surface area contributed by atoms with Crippen LogP contribution in [0.25, 0.3) is 0 Å². The summed E-state index contributed by atoms with van der Waals surface area (Å²) in [5.41, 5.74) is 2.70. The van der Waals surface area contributed by atoms with Crippen LogP contribution in [0.5, 0.6) is 0 Å². The molecular formula is C12H15N5O3S. The molecule has 0 radical (unpaired) electrons. The molecule has 2 rings (SSSR count). The summed E-state index contributed by atoms with van der Waals surface area (Å²) >= 11 is 1.52. The lowest BCUT2D eigenvalue weighted by molar-refractivity contribution is 0.0691. The van der Waals surface area contributed by atoms with Gasteiger partial charge in [-0.1, -0.05) is 0 Å². The number of thiazole rings is 1. The predicted octanol–water partition coefficient (Wildman–Crippen LogP) is 0.580. The molecule has 8 nitrogen and oxygen atoms in total. The van der Waals surface area contributed by atoms with Gasteiger partial charge in [0.15, 0.2) is 5.69 Å². The van der Waals surface area contributed by atoms with E-state index in [4.69, 9.17) is 5.11 Å². The number of aromatic carboxylic acids is 1. The van der Waals surface area contributed by atoms with Gasteiger partial charge in [0, 0.05) is 37.6 Å². The van der Waals surface area contributed by atoms with Gasteiger partial charge >= 0.3 is 12.0 Å². The Morgan fingerprint density at radius 2 is 2.10 bits per heavy atom. The first-order chi connectivity index (χ1) is 10.1. The topological polar surface area (TPSA) is 109 Å². The number of nitrogens with one attached hydrogen (secondary N) is 2. The number of amides is 2. The normalized spacial score (nSPS) is 10.3. The van der Waals surface area contributed by atoms with Crippen LogP contribution in [-0.2, 0) is 13.0 Å². The third-order valence-corrected chi connectivity index (χ3v) is 3.29. The van der Waals surface area contributed by atoms with Crippen molar-refractivity contribution in [3.05, 3.63) is 34.8 Å². The lowest BCUT2D eigenvalue weighted by atomic mass is 10.3. The first-order valence-electron chi connectivity index (χ1n) is 6.29. The number of aromatic nitrogens is 3. The average Bonchev–Trinajstić information content (AvgIpc) is 3.09. The van der Waals surface area contributed by atoms with Gasteiger partial charge in [-0.25, -0.2) is 19.6 Å². The SMILES string of the molecule is O=C(NCCc1cscn1)NCCn1cnc(C(=O)O)c1. The van der Waals surface area contributed by atoms with Crippen molar-refractivity contribution < 1.29 is 14.7 Å². The Labute approximate surface area is 124 Å². The van der Waals surface area contributed by atoms with Gasteiger partial charge in [-0.05, 0) is 0 Å². The van der Waals surface area contributed by atoms with Crippen LogP contribution >= 0.6 is 11.3 Å². The minimum absolute atomic E-state index is 0.0114. The van der Waals surface area contributed by atoms with Gasteiger partial charge in [0.1, 0.15) is 0 Å². The number of hydrogen-bond donors (Lipinski definition) is 3. The van der Waals surface area contributed by atoms with E-state index in [-0.39, 0.29) is 11.7 Å². The summed E-state index contributed by atoms with van der Waals surface area (Å²) in [7, 11) is 0. The van der Waals surface area contributed by atoms with Crippen molar-refractivity contribution in [2.45, 2.75) is 13.0 Å². The number of hydrogen-bond acceptors (Lipinski definition) is 5. The molecule has 0 bridgehead atoms.